The van der Waals surface area contributed by atoms with Crippen LogP contribution in [0.3, 0.4) is 0 Å². The maximum atomic E-state index is 12.7. The van der Waals surface area contributed by atoms with Gasteiger partial charge in [0.05, 0.1) is 32.6 Å². The van der Waals surface area contributed by atoms with Crippen LogP contribution in [0.25, 0.3) is 0 Å². The van der Waals surface area contributed by atoms with E-state index in [4.69, 9.17) is 19.9 Å². The summed E-state index contributed by atoms with van der Waals surface area (Å²) in [5, 5.41) is 6.66. The van der Waals surface area contributed by atoms with Gasteiger partial charge in [-0.15, -0.1) is 0 Å². The van der Waals surface area contributed by atoms with Gasteiger partial charge in [-0.1, -0.05) is 0 Å². The van der Waals surface area contributed by atoms with Crippen LogP contribution in [0.4, 0.5) is 5.69 Å². The quantitative estimate of drug-likeness (QED) is 0.778. The molecule has 0 bridgehead atoms. The Morgan fingerprint density at radius 3 is 2.36 bits per heavy atom. The van der Waals surface area contributed by atoms with Gasteiger partial charge in [0.15, 0.2) is 17.2 Å². The van der Waals surface area contributed by atoms with Gasteiger partial charge < -0.3 is 25.3 Å². The van der Waals surface area contributed by atoms with Gasteiger partial charge in [0.1, 0.15) is 0 Å². The summed E-state index contributed by atoms with van der Waals surface area (Å²) in [4.78, 5) is 24.2. The number of rotatable bonds is 7. The largest absolute Gasteiger partial charge is 0.493 e. The van der Waals surface area contributed by atoms with Crippen molar-refractivity contribution in [2.45, 2.75) is 13.5 Å². The Morgan fingerprint density at radius 2 is 1.84 bits per heavy atom. The lowest BCUT2D eigenvalue weighted by Crippen LogP contribution is -2.18. The third-order valence-corrected chi connectivity index (χ3v) is 3.52. The van der Waals surface area contributed by atoms with Crippen molar-refractivity contribution < 1.29 is 23.8 Å². The molecule has 1 heterocycles. The van der Waals surface area contributed by atoms with Crippen LogP contribution < -0.4 is 25.3 Å². The number of nitrogens with zero attached hydrogens (tertiary/aromatic N) is 2. The Labute approximate surface area is 144 Å². The number of nitrogens with two attached hydrogens (primary N) is 1. The number of hydrogen-bond acceptors (Lipinski definition) is 6. The van der Waals surface area contributed by atoms with Crippen LogP contribution in [0.2, 0.25) is 0 Å². The molecule has 0 atom stereocenters. The van der Waals surface area contributed by atoms with Gasteiger partial charge in [0.25, 0.3) is 11.8 Å². The third-order valence-electron chi connectivity index (χ3n) is 3.52. The van der Waals surface area contributed by atoms with Crippen molar-refractivity contribution in [3.8, 4) is 17.2 Å². The van der Waals surface area contributed by atoms with E-state index in [-0.39, 0.29) is 28.4 Å². The summed E-state index contributed by atoms with van der Waals surface area (Å²) in [5.41, 5.74) is 5.72. The van der Waals surface area contributed by atoms with Crippen molar-refractivity contribution >= 4 is 17.5 Å². The SMILES string of the molecule is CCn1cc(NC(=O)c2ccc(OC)c(OC)c2OC)c(C(N)=O)n1. The van der Waals surface area contributed by atoms with E-state index in [9.17, 15) is 9.59 Å². The lowest BCUT2D eigenvalue weighted by atomic mass is 10.1. The van der Waals surface area contributed by atoms with Crippen molar-refractivity contribution in [3.05, 3.63) is 29.6 Å². The van der Waals surface area contributed by atoms with E-state index in [1.54, 1.807) is 6.07 Å². The minimum absolute atomic E-state index is 0.0188. The number of carbonyl (C=O) groups is 2. The standard InChI is InChI=1S/C16H20N4O5/c1-5-20-8-10(12(19-20)15(17)21)18-16(22)9-6-7-11(23-2)14(25-4)13(9)24-3/h6-8H,5H2,1-4H3,(H2,17,21)(H,18,22). The van der Waals surface area contributed by atoms with Crippen LogP contribution in [0.1, 0.15) is 27.8 Å². The van der Waals surface area contributed by atoms with E-state index in [1.165, 1.54) is 38.3 Å². The van der Waals surface area contributed by atoms with Gasteiger partial charge in [0.2, 0.25) is 5.75 Å². The first-order valence-electron chi connectivity index (χ1n) is 7.44. The van der Waals surface area contributed by atoms with E-state index >= 15 is 0 Å². The highest BCUT2D eigenvalue weighted by Gasteiger charge is 2.23. The molecule has 0 saturated carbocycles. The average molecular weight is 348 g/mol. The number of benzene rings is 1. The third kappa shape index (κ3) is 3.49. The lowest BCUT2D eigenvalue weighted by Gasteiger charge is -2.15. The topological polar surface area (TPSA) is 118 Å². The summed E-state index contributed by atoms with van der Waals surface area (Å²) >= 11 is 0. The molecule has 0 aliphatic rings. The summed E-state index contributed by atoms with van der Waals surface area (Å²) < 4.78 is 17.2. The number of methoxy groups -OCH3 is 3. The van der Waals surface area contributed by atoms with Crippen molar-refractivity contribution in [1.29, 1.82) is 0 Å². The molecule has 0 aliphatic carbocycles. The van der Waals surface area contributed by atoms with Gasteiger partial charge in [-0.25, -0.2) is 0 Å². The summed E-state index contributed by atoms with van der Waals surface area (Å²) in [7, 11) is 4.34. The predicted octanol–water partition coefficient (Wildman–Crippen LogP) is 1.28. The molecular weight excluding hydrogens is 328 g/mol. The fourth-order valence-corrected chi connectivity index (χ4v) is 2.33. The molecule has 0 unspecified atom stereocenters. The van der Waals surface area contributed by atoms with Gasteiger partial charge in [-0.3, -0.25) is 14.3 Å². The summed E-state index contributed by atoms with van der Waals surface area (Å²) in [6.45, 7) is 2.37. The van der Waals surface area contributed by atoms with Gasteiger partial charge >= 0.3 is 0 Å². The average Bonchev–Trinajstić information content (AvgIpc) is 3.03. The normalized spacial score (nSPS) is 10.2. The van der Waals surface area contributed by atoms with Crippen molar-refractivity contribution in [1.82, 2.24) is 9.78 Å². The first-order valence-corrected chi connectivity index (χ1v) is 7.44. The Bertz CT molecular complexity index is 800. The highest BCUT2D eigenvalue weighted by atomic mass is 16.5. The number of anilines is 1. The fourth-order valence-electron chi connectivity index (χ4n) is 2.33. The van der Waals surface area contributed by atoms with Gasteiger partial charge in [-0.05, 0) is 19.1 Å². The first-order chi connectivity index (χ1) is 12.0. The van der Waals surface area contributed by atoms with Crippen molar-refractivity contribution in [3.63, 3.8) is 0 Å². The molecule has 0 saturated heterocycles. The Balaban J connectivity index is 2.42. The number of aromatic nitrogens is 2. The zero-order valence-electron chi connectivity index (χ0n) is 14.5. The van der Waals surface area contributed by atoms with Crippen LogP contribution in [0.15, 0.2) is 18.3 Å². The minimum Gasteiger partial charge on any atom is -0.493 e. The highest BCUT2D eigenvalue weighted by Crippen LogP contribution is 2.40. The van der Waals surface area contributed by atoms with E-state index < -0.39 is 11.8 Å². The number of nitrogens with one attached hydrogen (secondary N) is 1. The molecule has 0 spiro atoms. The molecule has 2 aromatic rings. The molecule has 2 rings (SSSR count). The summed E-state index contributed by atoms with van der Waals surface area (Å²) in [5.74, 6) is -0.315. The zero-order chi connectivity index (χ0) is 18.6. The Kier molecular flexibility index (Phi) is 5.48. The monoisotopic (exact) mass is 348 g/mol. The molecule has 9 heteroatoms. The second-order valence-corrected chi connectivity index (χ2v) is 4.95. The van der Waals surface area contributed by atoms with Crippen LogP contribution in [0, 0.1) is 0 Å². The molecule has 0 aliphatic heterocycles. The Morgan fingerprint density at radius 1 is 1.16 bits per heavy atom. The first kappa shape index (κ1) is 18.1. The van der Waals surface area contributed by atoms with Crippen molar-refractivity contribution in [2.75, 3.05) is 26.6 Å². The molecule has 25 heavy (non-hydrogen) atoms. The number of aryl methyl sites for hydroxylation is 1. The highest BCUT2D eigenvalue weighted by molar-refractivity contribution is 6.09. The summed E-state index contributed by atoms with van der Waals surface area (Å²) in [6, 6.07) is 3.12. The maximum Gasteiger partial charge on any atom is 0.271 e. The van der Waals surface area contributed by atoms with E-state index in [0.717, 1.165) is 0 Å². The molecule has 1 aromatic heterocycles. The van der Waals surface area contributed by atoms with Gasteiger partial charge in [0, 0.05) is 12.7 Å². The predicted molar refractivity (Wildman–Crippen MR) is 90.5 cm³/mol. The molecule has 3 N–H and O–H groups in total. The van der Waals surface area contributed by atoms with Crippen LogP contribution in [-0.4, -0.2) is 42.9 Å². The molecule has 1 aromatic carbocycles. The molecule has 0 fully saturated rings. The molecule has 9 nitrogen and oxygen atoms in total. The zero-order valence-corrected chi connectivity index (χ0v) is 14.5. The van der Waals surface area contributed by atoms with E-state index in [1.807, 2.05) is 6.92 Å². The summed E-state index contributed by atoms with van der Waals surface area (Å²) in [6.07, 6.45) is 1.53. The number of carbonyl (C=O) groups excluding carboxylic acids is 2. The lowest BCUT2D eigenvalue weighted by molar-refractivity contribution is 0.0995. The molecular formula is C16H20N4O5. The number of hydrogen-bond donors (Lipinski definition) is 2. The van der Waals surface area contributed by atoms with E-state index in [0.29, 0.717) is 12.3 Å². The van der Waals surface area contributed by atoms with Crippen molar-refractivity contribution in [2.24, 2.45) is 5.73 Å². The Hall–Kier alpha value is -3.23. The molecule has 134 valence electrons. The fraction of sp³-hybridized carbons (Fsp3) is 0.312. The maximum absolute atomic E-state index is 12.7. The van der Waals surface area contributed by atoms with E-state index in [2.05, 4.69) is 10.4 Å². The van der Waals surface area contributed by atoms with Gasteiger partial charge in [-0.2, -0.15) is 5.10 Å². The number of primary amides is 1. The second-order valence-electron chi connectivity index (χ2n) is 4.95. The smallest absolute Gasteiger partial charge is 0.271 e. The van der Waals surface area contributed by atoms with Crippen LogP contribution in [0.5, 0.6) is 17.2 Å². The number of ether oxygens (including phenoxy) is 3. The molecule has 2 amide bonds. The van der Waals surface area contributed by atoms with Crippen LogP contribution in [-0.2, 0) is 6.54 Å². The number of amides is 2. The van der Waals surface area contributed by atoms with Crippen LogP contribution >= 0.6 is 0 Å². The second kappa shape index (κ2) is 7.56. The minimum atomic E-state index is -0.734. The molecule has 0 radical (unpaired) electrons.